The van der Waals surface area contributed by atoms with Crippen molar-refractivity contribution in [2.75, 3.05) is 0 Å². The quantitative estimate of drug-likeness (QED) is 0.918. The smallest absolute Gasteiger partial charge is 0.208 e. The van der Waals surface area contributed by atoms with Gasteiger partial charge >= 0.3 is 0 Å². The lowest BCUT2D eigenvalue weighted by Gasteiger charge is -2.16. The topological polar surface area (TPSA) is 38.1 Å². The molecule has 1 N–H and O–H groups in total. The van der Waals surface area contributed by atoms with E-state index in [1.54, 1.807) is 6.20 Å². The predicted molar refractivity (Wildman–Crippen MR) is 70.4 cm³/mol. The van der Waals surface area contributed by atoms with Gasteiger partial charge in [-0.05, 0) is 37.5 Å². The van der Waals surface area contributed by atoms with Crippen LogP contribution in [0.2, 0.25) is 5.02 Å². The van der Waals surface area contributed by atoms with Crippen LogP contribution < -0.4 is 5.32 Å². The molecule has 18 heavy (non-hydrogen) atoms. The number of benzene rings is 1. The van der Waals surface area contributed by atoms with Gasteiger partial charge in [-0.15, -0.1) is 0 Å². The van der Waals surface area contributed by atoms with Crippen molar-refractivity contribution in [1.29, 1.82) is 0 Å². The first-order valence-electron chi connectivity index (χ1n) is 6.10. The van der Waals surface area contributed by atoms with E-state index >= 15 is 0 Å². The van der Waals surface area contributed by atoms with Crippen molar-refractivity contribution in [2.24, 2.45) is 0 Å². The van der Waals surface area contributed by atoms with Gasteiger partial charge in [0.1, 0.15) is 5.76 Å². The van der Waals surface area contributed by atoms with E-state index in [0.717, 1.165) is 29.5 Å². The molecule has 0 bridgehead atoms. The molecule has 1 aliphatic carbocycles. The summed E-state index contributed by atoms with van der Waals surface area (Å²) in [4.78, 5) is 4.20. The average molecular weight is 263 g/mol. The van der Waals surface area contributed by atoms with E-state index < -0.39 is 0 Å². The third kappa shape index (κ3) is 2.28. The molecule has 0 unspecified atom stereocenters. The van der Waals surface area contributed by atoms with E-state index in [4.69, 9.17) is 16.0 Å². The van der Waals surface area contributed by atoms with E-state index in [9.17, 15) is 0 Å². The van der Waals surface area contributed by atoms with Gasteiger partial charge in [-0.3, -0.25) is 5.32 Å². The van der Waals surface area contributed by atoms with Crippen LogP contribution in [0.4, 0.5) is 0 Å². The number of rotatable bonds is 4. The third-order valence-electron chi connectivity index (χ3n) is 3.39. The van der Waals surface area contributed by atoms with E-state index in [1.165, 1.54) is 5.56 Å². The number of aryl methyl sites for hydroxylation is 1. The minimum absolute atomic E-state index is 0.0902. The highest BCUT2D eigenvalue weighted by Crippen LogP contribution is 2.45. The fraction of sp³-hybridized carbons (Fsp3) is 0.357. The summed E-state index contributed by atoms with van der Waals surface area (Å²) < 4.78 is 5.47. The lowest BCUT2D eigenvalue weighted by molar-refractivity contribution is 0.416. The molecule has 0 aliphatic heterocycles. The summed E-state index contributed by atoms with van der Waals surface area (Å²) in [5, 5.41) is 4.31. The maximum absolute atomic E-state index is 5.91. The molecule has 0 atom stereocenters. The van der Waals surface area contributed by atoms with E-state index in [2.05, 4.69) is 22.4 Å². The molecule has 3 nitrogen and oxygen atoms in total. The largest absolute Gasteiger partial charge is 0.445 e. The average Bonchev–Trinajstić information content (AvgIpc) is 3.05. The Morgan fingerprint density at radius 1 is 1.33 bits per heavy atom. The highest BCUT2D eigenvalue weighted by Gasteiger charge is 2.43. The molecule has 0 saturated heterocycles. The van der Waals surface area contributed by atoms with Gasteiger partial charge in [-0.25, -0.2) is 4.98 Å². The van der Waals surface area contributed by atoms with Crippen LogP contribution in [-0.2, 0) is 12.1 Å². The summed E-state index contributed by atoms with van der Waals surface area (Å²) in [7, 11) is 0. The molecular weight excluding hydrogens is 248 g/mol. The van der Waals surface area contributed by atoms with Gasteiger partial charge in [-0.2, -0.15) is 0 Å². The van der Waals surface area contributed by atoms with Crippen molar-refractivity contribution in [3.8, 4) is 0 Å². The zero-order chi connectivity index (χ0) is 12.6. The van der Waals surface area contributed by atoms with Gasteiger partial charge in [0, 0.05) is 10.6 Å². The molecular formula is C14H15ClN2O. The summed E-state index contributed by atoms with van der Waals surface area (Å²) in [6.07, 6.45) is 4.04. The van der Waals surface area contributed by atoms with Crippen LogP contribution in [0.1, 0.15) is 30.1 Å². The van der Waals surface area contributed by atoms with Crippen LogP contribution in [0.15, 0.2) is 34.9 Å². The summed E-state index contributed by atoms with van der Waals surface area (Å²) in [6, 6.07) is 8.05. The van der Waals surface area contributed by atoms with Crippen LogP contribution in [0.3, 0.4) is 0 Å². The maximum atomic E-state index is 5.91. The molecule has 1 heterocycles. The van der Waals surface area contributed by atoms with Crippen LogP contribution in [-0.4, -0.2) is 4.98 Å². The van der Waals surface area contributed by atoms with E-state index in [0.29, 0.717) is 6.54 Å². The lowest BCUT2D eigenvalue weighted by Crippen LogP contribution is -2.28. The molecule has 0 radical (unpaired) electrons. The van der Waals surface area contributed by atoms with Crippen molar-refractivity contribution in [3.05, 3.63) is 52.7 Å². The first-order chi connectivity index (χ1) is 8.68. The number of halogens is 1. The van der Waals surface area contributed by atoms with Crippen molar-refractivity contribution < 1.29 is 4.42 Å². The fourth-order valence-corrected chi connectivity index (χ4v) is 2.32. The molecule has 3 rings (SSSR count). The summed E-state index contributed by atoms with van der Waals surface area (Å²) in [6.45, 7) is 2.57. The Morgan fingerprint density at radius 2 is 2.06 bits per heavy atom. The van der Waals surface area contributed by atoms with Crippen LogP contribution in [0.5, 0.6) is 0 Å². The van der Waals surface area contributed by atoms with Crippen molar-refractivity contribution in [1.82, 2.24) is 10.3 Å². The number of nitrogens with zero attached hydrogens (tertiary/aromatic N) is 1. The van der Waals surface area contributed by atoms with Gasteiger partial charge < -0.3 is 4.42 Å². The predicted octanol–water partition coefficient (Wildman–Crippen LogP) is 3.42. The molecule has 4 heteroatoms. The number of oxazole rings is 1. The molecule has 1 aromatic heterocycles. The third-order valence-corrected chi connectivity index (χ3v) is 3.65. The number of hydrogen-bond donors (Lipinski definition) is 1. The summed E-state index contributed by atoms with van der Waals surface area (Å²) >= 11 is 5.91. The van der Waals surface area contributed by atoms with Crippen molar-refractivity contribution in [2.45, 2.75) is 31.8 Å². The Hall–Kier alpha value is -1.32. The van der Waals surface area contributed by atoms with Crippen LogP contribution in [0.25, 0.3) is 0 Å². The zero-order valence-electron chi connectivity index (χ0n) is 10.2. The summed E-state index contributed by atoms with van der Waals surface area (Å²) in [5.41, 5.74) is 1.38. The Balaban J connectivity index is 1.70. The molecule has 1 aromatic carbocycles. The van der Waals surface area contributed by atoms with Crippen molar-refractivity contribution >= 4 is 11.6 Å². The van der Waals surface area contributed by atoms with Crippen molar-refractivity contribution in [3.63, 3.8) is 0 Å². The normalized spacial score (nSPS) is 16.8. The van der Waals surface area contributed by atoms with Gasteiger partial charge in [0.25, 0.3) is 0 Å². The Morgan fingerprint density at radius 3 is 2.61 bits per heavy atom. The van der Waals surface area contributed by atoms with Gasteiger partial charge in [0.05, 0.1) is 12.7 Å². The SMILES string of the molecule is Cc1cnc(CNC2(c3ccc(Cl)cc3)CC2)o1. The second kappa shape index (κ2) is 4.41. The molecule has 1 aliphatic rings. The Labute approximate surface area is 111 Å². The van der Waals surface area contributed by atoms with Gasteiger partial charge in [-0.1, -0.05) is 23.7 Å². The van der Waals surface area contributed by atoms with Gasteiger partial charge in [0.15, 0.2) is 0 Å². The zero-order valence-corrected chi connectivity index (χ0v) is 11.0. The monoisotopic (exact) mass is 262 g/mol. The fourth-order valence-electron chi connectivity index (χ4n) is 2.19. The maximum Gasteiger partial charge on any atom is 0.208 e. The van der Waals surface area contributed by atoms with Crippen LogP contribution >= 0.6 is 11.6 Å². The van der Waals surface area contributed by atoms with Crippen LogP contribution in [0, 0.1) is 6.92 Å². The first-order valence-corrected chi connectivity index (χ1v) is 6.48. The van der Waals surface area contributed by atoms with E-state index in [-0.39, 0.29) is 5.54 Å². The standard InChI is InChI=1S/C14H15ClN2O/c1-10-8-16-13(18-10)9-17-14(6-7-14)11-2-4-12(15)5-3-11/h2-5,8,17H,6-7,9H2,1H3. The highest BCUT2D eigenvalue weighted by molar-refractivity contribution is 6.30. The molecule has 0 spiro atoms. The number of aromatic nitrogens is 1. The molecule has 1 saturated carbocycles. The Bertz CT molecular complexity index is 543. The minimum Gasteiger partial charge on any atom is -0.445 e. The molecule has 2 aromatic rings. The lowest BCUT2D eigenvalue weighted by atomic mass is 10.1. The molecule has 94 valence electrons. The highest BCUT2D eigenvalue weighted by atomic mass is 35.5. The molecule has 0 amide bonds. The number of hydrogen-bond acceptors (Lipinski definition) is 3. The first kappa shape index (κ1) is 11.8. The number of nitrogens with one attached hydrogen (secondary N) is 1. The second-order valence-electron chi connectivity index (χ2n) is 4.81. The molecule has 1 fully saturated rings. The summed E-state index contributed by atoms with van der Waals surface area (Å²) in [5.74, 6) is 1.59. The van der Waals surface area contributed by atoms with E-state index in [1.807, 2.05) is 19.1 Å². The Kier molecular flexibility index (Phi) is 2.88. The van der Waals surface area contributed by atoms with Gasteiger partial charge in [0.2, 0.25) is 5.89 Å². The second-order valence-corrected chi connectivity index (χ2v) is 5.24. The minimum atomic E-state index is 0.0902.